The van der Waals surface area contributed by atoms with Gasteiger partial charge in [0.25, 0.3) is 0 Å². The molecule has 0 bridgehead atoms. The summed E-state index contributed by atoms with van der Waals surface area (Å²) in [5, 5.41) is 34.2. The Labute approximate surface area is 287 Å². The molecule has 0 amide bonds. The van der Waals surface area contributed by atoms with Gasteiger partial charge in [-0.2, -0.15) is 15.8 Å². The van der Waals surface area contributed by atoms with E-state index >= 15 is 0 Å². The maximum Gasteiger partial charge on any atom is 0.0998 e. The van der Waals surface area contributed by atoms with Gasteiger partial charge >= 0.3 is 0 Å². The minimum absolute atomic E-state index is 0.573. The lowest BCUT2D eigenvalue weighted by molar-refractivity contribution is 1.18. The summed E-state index contributed by atoms with van der Waals surface area (Å²) >= 11 is 0. The van der Waals surface area contributed by atoms with Gasteiger partial charge in [0.1, 0.15) is 0 Å². The first-order chi connectivity index (χ1) is 24.7. The Kier molecular flexibility index (Phi) is 6.56. The molecule has 9 rings (SSSR count). The molecule has 0 radical (unpaired) electrons. The third-order valence-corrected chi connectivity index (χ3v) is 9.63. The van der Waals surface area contributed by atoms with Crippen molar-refractivity contribution in [3.63, 3.8) is 0 Å². The molecule has 50 heavy (non-hydrogen) atoms. The molecule has 0 aliphatic heterocycles. The summed E-state index contributed by atoms with van der Waals surface area (Å²) in [6, 6.07) is 57.8. The van der Waals surface area contributed by atoms with Gasteiger partial charge in [0.05, 0.1) is 62.7 Å². The van der Waals surface area contributed by atoms with E-state index in [0.29, 0.717) is 16.7 Å². The number of hydrogen-bond donors (Lipinski definition) is 0. The van der Waals surface area contributed by atoms with Crippen LogP contribution in [0, 0.1) is 34.0 Å². The van der Waals surface area contributed by atoms with Gasteiger partial charge in [-0.05, 0) is 77.9 Å². The largest absolute Gasteiger partial charge is 0.309 e. The predicted octanol–water partition coefficient (Wildman–Crippen LogP) is 10.8. The molecular weight excluding hydrogens is 611 g/mol. The number of para-hydroxylation sites is 3. The molecule has 0 saturated heterocycles. The molecule has 0 saturated carbocycles. The fourth-order valence-corrected chi connectivity index (χ4v) is 7.56. The van der Waals surface area contributed by atoms with Gasteiger partial charge in [0.2, 0.25) is 0 Å². The summed E-state index contributed by atoms with van der Waals surface area (Å²) in [5.41, 5.74) is 11.4. The molecule has 5 nitrogen and oxygen atoms in total. The summed E-state index contributed by atoms with van der Waals surface area (Å²) in [6.07, 6.45) is 0. The van der Waals surface area contributed by atoms with Crippen LogP contribution in [0.3, 0.4) is 0 Å². The van der Waals surface area contributed by atoms with Crippen molar-refractivity contribution in [1.82, 2.24) is 9.13 Å². The fourth-order valence-electron chi connectivity index (χ4n) is 7.56. The number of aromatic nitrogens is 2. The molecular formula is C45H25N5. The smallest absolute Gasteiger partial charge is 0.0998 e. The summed E-state index contributed by atoms with van der Waals surface area (Å²) in [7, 11) is 0. The zero-order chi connectivity index (χ0) is 33.8. The van der Waals surface area contributed by atoms with E-state index in [9.17, 15) is 15.8 Å². The topological polar surface area (TPSA) is 81.2 Å². The van der Waals surface area contributed by atoms with E-state index in [1.165, 1.54) is 0 Å². The van der Waals surface area contributed by atoms with Crippen LogP contribution < -0.4 is 0 Å². The third kappa shape index (κ3) is 4.24. The first-order valence-electron chi connectivity index (χ1n) is 16.3. The average Bonchev–Trinajstić information content (AvgIpc) is 3.70. The molecule has 0 unspecified atom stereocenters. The van der Waals surface area contributed by atoms with Crippen molar-refractivity contribution in [2.45, 2.75) is 0 Å². The Bertz CT molecular complexity index is 2970. The first-order valence-corrected chi connectivity index (χ1v) is 16.3. The number of hydrogen-bond acceptors (Lipinski definition) is 3. The monoisotopic (exact) mass is 635 g/mol. The standard InChI is InChI=1S/C45H25N5/c46-26-29-22-23-42-38(24-29)35-14-1-4-18-39(35)50(42)41-20-6-2-15-36(41)44-31(27-47)11-8-17-34(44)30-10-7-13-33(25-30)49-40-19-5-3-16-37(40)45-32(28-48)12-9-21-43(45)49/h1-25H. The second kappa shape index (κ2) is 11.4. The zero-order valence-corrected chi connectivity index (χ0v) is 26.7. The number of fused-ring (bicyclic) bond motifs is 6. The lowest BCUT2D eigenvalue weighted by atomic mass is 9.89. The first kappa shape index (κ1) is 28.8. The Hall–Kier alpha value is -7.39. The lowest BCUT2D eigenvalue weighted by Gasteiger charge is -2.18. The SMILES string of the molecule is N#Cc1ccc2c(c1)c1ccccc1n2-c1ccccc1-c1c(C#N)cccc1-c1cccc(-n2c3ccccc3c3c(C#N)cccc32)c1. The molecule has 7 aromatic carbocycles. The zero-order valence-electron chi connectivity index (χ0n) is 26.7. The Morgan fingerprint density at radius 1 is 0.420 bits per heavy atom. The molecule has 0 fully saturated rings. The Balaban J connectivity index is 1.30. The minimum Gasteiger partial charge on any atom is -0.309 e. The van der Waals surface area contributed by atoms with Gasteiger partial charge < -0.3 is 9.13 Å². The second-order valence-corrected chi connectivity index (χ2v) is 12.3. The Morgan fingerprint density at radius 2 is 1.06 bits per heavy atom. The molecule has 0 aliphatic carbocycles. The Morgan fingerprint density at radius 3 is 1.88 bits per heavy atom. The van der Waals surface area contributed by atoms with Gasteiger partial charge in [-0.1, -0.05) is 84.9 Å². The summed E-state index contributed by atoms with van der Waals surface area (Å²) < 4.78 is 4.45. The van der Waals surface area contributed by atoms with Crippen LogP contribution in [-0.4, -0.2) is 9.13 Å². The van der Waals surface area contributed by atoms with E-state index in [-0.39, 0.29) is 0 Å². The van der Waals surface area contributed by atoms with Gasteiger partial charge in [-0.15, -0.1) is 0 Å². The van der Waals surface area contributed by atoms with E-state index in [0.717, 1.165) is 77.2 Å². The van der Waals surface area contributed by atoms with Gasteiger partial charge in [0.15, 0.2) is 0 Å². The van der Waals surface area contributed by atoms with E-state index in [2.05, 4.69) is 94.1 Å². The van der Waals surface area contributed by atoms with Crippen molar-refractivity contribution in [1.29, 1.82) is 15.8 Å². The van der Waals surface area contributed by atoms with Crippen molar-refractivity contribution >= 4 is 43.6 Å². The van der Waals surface area contributed by atoms with Gasteiger partial charge in [-0.25, -0.2) is 0 Å². The van der Waals surface area contributed by atoms with Crippen LogP contribution in [-0.2, 0) is 0 Å². The molecule has 0 atom stereocenters. The van der Waals surface area contributed by atoms with Crippen LogP contribution in [0.2, 0.25) is 0 Å². The summed E-state index contributed by atoms with van der Waals surface area (Å²) in [4.78, 5) is 0. The van der Waals surface area contributed by atoms with Crippen molar-refractivity contribution in [3.05, 3.63) is 168 Å². The number of nitriles is 3. The highest BCUT2D eigenvalue weighted by atomic mass is 15.0. The van der Waals surface area contributed by atoms with Crippen LogP contribution in [0.25, 0.3) is 77.2 Å². The third-order valence-electron chi connectivity index (χ3n) is 9.63. The molecule has 2 heterocycles. The molecule has 5 heteroatoms. The quantitative estimate of drug-likeness (QED) is 0.193. The van der Waals surface area contributed by atoms with Gasteiger partial charge in [-0.3, -0.25) is 0 Å². The maximum absolute atomic E-state index is 10.5. The van der Waals surface area contributed by atoms with Crippen LogP contribution in [0.1, 0.15) is 16.7 Å². The van der Waals surface area contributed by atoms with Gasteiger partial charge in [0, 0.05) is 38.4 Å². The van der Waals surface area contributed by atoms with Crippen LogP contribution in [0.15, 0.2) is 152 Å². The second-order valence-electron chi connectivity index (χ2n) is 12.3. The molecule has 0 spiro atoms. The van der Waals surface area contributed by atoms with Crippen molar-refractivity contribution in [3.8, 4) is 51.8 Å². The molecule has 230 valence electrons. The summed E-state index contributed by atoms with van der Waals surface area (Å²) in [5.74, 6) is 0. The molecule has 0 aliphatic rings. The predicted molar refractivity (Wildman–Crippen MR) is 200 cm³/mol. The van der Waals surface area contributed by atoms with E-state index in [1.54, 1.807) is 0 Å². The highest BCUT2D eigenvalue weighted by molar-refractivity contribution is 6.12. The van der Waals surface area contributed by atoms with E-state index < -0.39 is 0 Å². The van der Waals surface area contributed by atoms with Crippen LogP contribution >= 0.6 is 0 Å². The molecule has 9 aromatic rings. The number of rotatable bonds is 4. The number of benzene rings is 7. The highest BCUT2D eigenvalue weighted by Crippen LogP contribution is 2.42. The molecule has 2 aromatic heterocycles. The minimum atomic E-state index is 0.573. The van der Waals surface area contributed by atoms with Crippen molar-refractivity contribution in [2.24, 2.45) is 0 Å². The maximum atomic E-state index is 10.5. The average molecular weight is 636 g/mol. The van der Waals surface area contributed by atoms with E-state index in [4.69, 9.17) is 0 Å². The number of nitrogens with zero attached hydrogens (tertiary/aromatic N) is 5. The fraction of sp³-hybridized carbons (Fsp3) is 0. The molecule has 0 N–H and O–H groups in total. The van der Waals surface area contributed by atoms with E-state index in [1.807, 2.05) is 84.9 Å². The van der Waals surface area contributed by atoms with Crippen molar-refractivity contribution < 1.29 is 0 Å². The summed E-state index contributed by atoms with van der Waals surface area (Å²) in [6.45, 7) is 0. The normalized spacial score (nSPS) is 11.1. The lowest BCUT2D eigenvalue weighted by Crippen LogP contribution is -2.00. The van der Waals surface area contributed by atoms with Crippen LogP contribution in [0.4, 0.5) is 0 Å². The van der Waals surface area contributed by atoms with Crippen LogP contribution in [0.5, 0.6) is 0 Å². The van der Waals surface area contributed by atoms with Crippen molar-refractivity contribution in [2.75, 3.05) is 0 Å². The highest BCUT2D eigenvalue weighted by Gasteiger charge is 2.21.